The Morgan fingerprint density at radius 1 is 1.21 bits per heavy atom. The van der Waals surface area contributed by atoms with Gasteiger partial charge in [0.05, 0.1) is 18.3 Å². The van der Waals surface area contributed by atoms with Gasteiger partial charge in [0.25, 0.3) is 0 Å². The molecule has 1 fully saturated rings. The molecule has 128 valence electrons. The van der Waals surface area contributed by atoms with E-state index < -0.39 is 0 Å². The lowest BCUT2D eigenvalue weighted by atomic mass is 10.1. The van der Waals surface area contributed by atoms with E-state index in [1.807, 2.05) is 24.3 Å². The van der Waals surface area contributed by atoms with Crippen LogP contribution in [0.1, 0.15) is 43.9 Å². The fraction of sp³-hybridized carbons (Fsp3) is 0.474. The highest BCUT2D eigenvalue weighted by atomic mass is 16.3. The molecule has 1 atom stereocenters. The molecular formula is C19H26N4O. The van der Waals surface area contributed by atoms with Crippen LogP contribution >= 0.6 is 0 Å². The minimum absolute atomic E-state index is 0.0502. The third-order valence-electron chi connectivity index (χ3n) is 4.47. The van der Waals surface area contributed by atoms with Crippen LogP contribution < -0.4 is 10.6 Å². The van der Waals surface area contributed by atoms with Crippen LogP contribution in [0.2, 0.25) is 0 Å². The third kappa shape index (κ3) is 4.03. The molecule has 3 rings (SSSR count). The molecule has 1 aliphatic rings. The minimum atomic E-state index is -0.0502. The Morgan fingerprint density at radius 3 is 2.58 bits per heavy atom. The van der Waals surface area contributed by atoms with Gasteiger partial charge in [-0.25, -0.2) is 4.98 Å². The van der Waals surface area contributed by atoms with Gasteiger partial charge < -0.3 is 15.7 Å². The maximum atomic E-state index is 9.56. The van der Waals surface area contributed by atoms with Crippen molar-refractivity contribution in [3.8, 4) is 0 Å². The second-order valence-corrected chi connectivity index (χ2v) is 6.89. The summed E-state index contributed by atoms with van der Waals surface area (Å²) >= 11 is 0. The first-order valence-electron chi connectivity index (χ1n) is 8.66. The second-order valence-electron chi connectivity index (χ2n) is 6.89. The number of aromatic nitrogens is 2. The third-order valence-corrected chi connectivity index (χ3v) is 4.47. The molecule has 5 nitrogen and oxygen atoms in total. The van der Waals surface area contributed by atoms with E-state index in [1.165, 1.54) is 18.4 Å². The van der Waals surface area contributed by atoms with Crippen LogP contribution in [-0.4, -0.2) is 27.7 Å². The molecule has 0 bridgehead atoms. The summed E-state index contributed by atoms with van der Waals surface area (Å²) in [4.78, 5) is 9.26. The van der Waals surface area contributed by atoms with Crippen molar-refractivity contribution in [2.45, 2.75) is 45.6 Å². The summed E-state index contributed by atoms with van der Waals surface area (Å²) in [7, 11) is 0. The Balaban J connectivity index is 1.87. The molecule has 2 aromatic rings. The molecular weight excluding hydrogens is 300 g/mol. The summed E-state index contributed by atoms with van der Waals surface area (Å²) < 4.78 is 0. The number of aryl methyl sites for hydroxylation is 1. The first kappa shape index (κ1) is 16.7. The standard InChI is InChI=1S/C19H26N4O/c1-12(2)17(11-24)22-19-21-16(14-8-9-14)10-18(23-19)20-15-7-5-4-6-13(15)3/h4-7,10,12,14,17,24H,8-9,11H2,1-3H3,(H2,20,21,22,23)/t17-/m0/s1. The summed E-state index contributed by atoms with van der Waals surface area (Å²) in [6.07, 6.45) is 2.38. The van der Waals surface area contributed by atoms with E-state index in [4.69, 9.17) is 0 Å². The first-order chi connectivity index (χ1) is 11.6. The lowest BCUT2D eigenvalue weighted by Crippen LogP contribution is -2.30. The van der Waals surface area contributed by atoms with E-state index in [1.54, 1.807) is 0 Å². The molecule has 1 aromatic carbocycles. The fourth-order valence-electron chi connectivity index (χ4n) is 2.62. The monoisotopic (exact) mass is 326 g/mol. The largest absolute Gasteiger partial charge is 0.394 e. The zero-order valence-corrected chi connectivity index (χ0v) is 14.6. The Morgan fingerprint density at radius 2 is 1.96 bits per heavy atom. The number of nitrogens with one attached hydrogen (secondary N) is 2. The number of anilines is 3. The van der Waals surface area contributed by atoms with Crippen LogP contribution in [-0.2, 0) is 0 Å². The predicted molar refractivity (Wildman–Crippen MR) is 97.8 cm³/mol. The number of benzene rings is 1. The van der Waals surface area contributed by atoms with Gasteiger partial charge in [-0.15, -0.1) is 0 Å². The molecule has 3 N–H and O–H groups in total. The summed E-state index contributed by atoms with van der Waals surface area (Å²) in [5.74, 6) is 2.22. The van der Waals surface area contributed by atoms with E-state index in [0.717, 1.165) is 17.2 Å². The van der Waals surface area contributed by atoms with Gasteiger partial charge in [0.2, 0.25) is 5.95 Å². The highest BCUT2D eigenvalue weighted by Crippen LogP contribution is 2.40. The van der Waals surface area contributed by atoms with Gasteiger partial charge in [0.1, 0.15) is 5.82 Å². The van der Waals surface area contributed by atoms with E-state index in [-0.39, 0.29) is 12.6 Å². The van der Waals surface area contributed by atoms with Crippen molar-refractivity contribution in [1.82, 2.24) is 9.97 Å². The molecule has 24 heavy (non-hydrogen) atoms. The van der Waals surface area contributed by atoms with Crippen molar-refractivity contribution in [1.29, 1.82) is 0 Å². The average Bonchev–Trinajstić information content (AvgIpc) is 3.39. The van der Waals surface area contributed by atoms with Crippen LogP contribution in [0.15, 0.2) is 30.3 Å². The number of hydrogen-bond acceptors (Lipinski definition) is 5. The zero-order valence-electron chi connectivity index (χ0n) is 14.6. The number of hydrogen-bond donors (Lipinski definition) is 3. The van der Waals surface area contributed by atoms with E-state index >= 15 is 0 Å². The zero-order chi connectivity index (χ0) is 17.1. The Bertz CT molecular complexity index is 698. The summed E-state index contributed by atoms with van der Waals surface area (Å²) in [6.45, 7) is 6.29. The lowest BCUT2D eigenvalue weighted by Gasteiger charge is -2.21. The van der Waals surface area contributed by atoms with Crippen molar-refractivity contribution in [2.24, 2.45) is 5.92 Å². The first-order valence-corrected chi connectivity index (χ1v) is 8.66. The van der Waals surface area contributed by atoms with Gasteiger partial charge in [-0.1, -0.05) is 32.0 Å². The van der Waals surface area contributed by atoms with E-state index in [0.29, 0.717) is 17.8 Å². The van der Waals surface area contributed by atoms with Crippen molar-refractivity contribution >= 4 is 17.5 Å². The quantitative estimate of drug-likeness (QED) is 0.721. The molecule has 5 heteroatoms. The topological polar surface area (TPSA) is 70.1 Å². The molecule has 1 aliphatic carbocycles. The molecule has 0 unspecified atom stereocenters. The van der Waals surface area contributed by atoms with Crippen LogP contribution in [0.4, 0.5) is 17.5 Å². The molecule has 0 amide bonds. The Hall–Kier alpha value is -2.14. The highest BCUT2D eigenvalue weighted by molar-refractivity contribution is 5.61. The lowest BCUT2D eigenvalue weighted by molar-refractivity contribution is 0.248. The molecule has 0 aliphatic heterocycles. The normalized spacial score (nSPS) is 15.4. The Labute approximate surface area is 143 Å². The van der Waals surface area contributed by atoms with Gasteiger partial charge in [-0.3, -0.25) is 0 Å². The fourth-order valence-corrected chi connectivity index (χ4v) is 2.62. The number of rotatable bonds is 7. The number of para-hydroxylation sites is 1. The molecule has 1 saturated carbocycles. The number of aliphatic hydroxyl groups is 1. The van der Waals surface area contributed by atoms with Gasteiger partial charge in [-0.05, 0) is 37.3 Å². The highest BCUT2D eigenvalue weighted by Gasteiger charge is 2.26. The summed E-state index contributed by atoms with van der Waals surface area (Å²) in [6, 6.07) is 10.1. The molecule has 1 heterocycles. The number of aliphatic hydroxyl groups excluding tert-OH is 1. The predicted octanol–water partition coefficient (Wildman–Crippen LogP) is 3.83. The van der Waals surface area contributed by atoms with Crippen molar-refractivity contribution in [2.75, 3.05) is 17.2 Å². The van der Waals surface area contributed by atoms with Crippen LogP contribution in [0.25, 0.3) is 0 Å². The average molecular weight is 326 g/mol. The van der Waals surface area contributed by atoms with E-state index in [2.05, 4.69) is 47.4 Å². The van der Waals surface area contributed by atoms with Gasteiger partial charge in [0, 0.05) is 17.7 Å². The second kappa shape index (κ2) is 7.18. The molecule has 1 aromatic heterocycles. The maximum absolute atomic E-state index is 9.56. The molecule has 0 spiro atoms. The van der Waals surface area contributed by atoms with Gasteiger partial charge in [0.15, 0.2) is 0 Å². The van der Waals surface area contributed by atoms with Gasteiger partial charge >= 0.3 is 0 Å². The SMILES string of the molecule is Cc1ccccc1Nc1cc(C2CC2)nc(N[C@@H](CO)C(C)C)n1. The Kier molecular flexibility index (Phi) is 5.00. The van der Waals surface area contributed by atoms with Gasteiger partial charge in [-0.2, -0.15) is 4.98 Å². The summed E-state index contributed by atoms with van der Waals surface area (Å²) in [5.41, 5.74) is 3.30. The van der Waals surface area contributed by atoms with Crippen molar-refractivity contribution < 1.29 is 5.11 Å². The summed E-state index contributed by atoms with van der Waals surface area (Å²) in [5, 5.41) is 16.2. The minimum Gasteiger partial charge on any atom is -0.394 e. The maximum Gasteiger partial charge on any atom is 0.225 e. The smallest absolute Gasteiger partial charge is 0.225 e. The van der Waals surface area contributed by atoms with Crippen LogP contribution in [0, 0.1) is 12.8 Å². The van der Waals surface area contributed by atoms with Crippen molar-refractivity contribution in [3.05, 3.63) is 41.6 Å². The van der Waals surface area contributed by atoms with Crippen molar-refractivity contribution in [3.63, 3.8) is 0 Å². The van der Waals surface area contributed by atoms with Crippen LogP contribution in [0.3, 0.4) is 0 Å². The van der Waals surface area contributed by atoms with Crippen LogP contribution in [0.5, 0.6) is 0 Å². The number of nitrogens with zero attached hydrogens (tertiary/aromatic N) is 2. The molecule has 0 saturated heterocycles. The van der Waals surface area contributed by atoms with E-state index in [9.17, 15) is 5.11 Å². The molecule has 0 radical (unpaired) electrons.